The van der Waals surface area contributed by atoms with Crippen LogP contribution < -0.4 is 10.9 Å². The zero-order chi connectivity index (χ0) is 25.8. The van der Waals surface area contributed by atoms with E-state index >= 15 is 0 Å². The first-order chi connectivity index (χ1) is 17.3. The number of hydrogen-bond acceptors (Lipinski definition) is 4. The number of benzene rings is 1. The number of nitrogens with one attached hydrogen (secondary N) is 2. The van der Waals surface area contributed by atoms with Gasteiger partial charge in [0.1, 0.15) is 5.52 Å². The van der Waals surface area contributed by atoms with Crippen molar-refractivity contribution in [3.05, 3.63) is 62.6 Å². The molecule has 0 aliphatic heterocycles. The smallest absolute Gasteiger partial charge is 0.279 e. The summed E-state index contributed by atoms with van der Waals surface area (Å²) >= 11 is 3.71. The lowest BCUT2D eigenvalue weighted by molar-refractivity contribution is 0.293. The Bertz CT molecular complexity index is 1310. The molecule has 2 aromatic heterocycles. The Morgan fingerprint density at radius 3 is 2.69 bits per heavy atom. The minimum atomic E-state index is -0.0484. The summed E-state index contributed by atoms with van der Waals surface area (Å²) in [6.07, 6.45) is 8.33. The lowest BCUT2D eigenvalue weighted by atomic mass is 9.68. The Balaban J connectivity index is 1.78. The summed E-state index contributed by atoms with van der Waals surface area (Å²) in [5.74, 6) is 1.11. The number of pyridine rings is 1. The number of aromatic amines is 1. The van der Waals surface area contributed by atoms with E-state index in [1.165, 1.54) is 24.8 Å². The van der Waals surface area contributed by atoms with Crippen molar-refractivity contribution < 1.29 is 0 Å². The maximum absolute atomic E-state index is 13.6. The van der Waals surface area contributed by atoms with Gasteiger partial charge in [-0.15, -0.1) is 0 Å². The molecule has 1 aromatic carbocycles. The van der Waals surface area contributed by atoms with Crippen molar-refractivity contribution in [2.75, 3.05) is 0 Å². The second-order valence-corrected chi connectivity index (χ2v) is 11.1. The fourth-order valence-corrected chi connectivity index (χ4v) is 5.47. The molecule has 1 aliphatic carbocycles. The van der Waals surface area contributed by atoms with Crippen LogP contribution in [0.15, 0.2) is 56.0 Å². The Labute approximate surface area is 222 Å². The third kappa shape index (κ3) is 5.57. The molecule has 3 aromatic rings. The number of fused-ring (bicyclic) bond motifs is 1. The maximum Gasteiger partial charge on any atom is 0.279 e. The van der Waals surface area contributed by atoms with E-state index in [0.717, 1.165) is 33.4 Å². The van der Waals surface area contributed by atoms with Crippen molar-refractivity contribution in [2.24, 2.45) is 22.0 Å². The number of nitrogens with zero attached hydrogens (tertiary/aromatic N) is 3. The van der Waals surface area contributed by atoms with Gasteiger partial charge in [0.15, 0.2) is 0 Å². The summed E-state index contributed by atoms with van der Waals surface area (Å²) in [6, 6.07) is 10.8. The molecule has 7 heteroatoms. The molecule has 2 N–H and O–H groups in total. The van der Waals surface area contributed by atoms with Crippen molar-refractivity contribution in [1.82, 2.24) is 14.9 Å². The summed E-state index contributed by atoms with van der Waals surface area (Å²) in [5.41, 5.74) is 4.78. The molecule has 1 saturated carbocycles. The van der Waals surface area contributed by atoms with Crippen LogP contribution in [0.1, 0.15) is 77.5 Å². The van der Waals surface area contributed by atoms with E-state index in [4.69, 9.17) is 5.10 Å². The van der Waals surface area contributed by atoms with Crippen LogP contribution in [-0.2, 0) is 6.54 Å². The first-order valence-corrected chi connectivity index (χ1v) is 13.9. The first kappa shape index (κ1) is 26.6. The van der Waals surface area contributed by atoms with Crippen molar-refractivity contribution in [3.63, 3.8) is 0 Å². The molecule has 6 nitrogen and oxygen atoms in total. The molecule has 1 aliphatic rings. The van der Waals surface area contributed by atoms with E-state index in [-0.39, 0.29) is 11.5 Å². The van der Waals surface area contributed by atoms with Crippen LogP contribution in [0.5, 0.6) is 0 Å². The Hall–Kier alpha value is -2.51. The molecule has 0 saturated heterocycles. The van der Waals surface area contributed by atoms with Crippen molar-refractivity contribution in [1.29, 1.82) is 0 Å². The number of H-pyrrole nitrogens is 1. The van der Waals surface area contributed by atoms with Gasteiger partial charge in [-0.2, -0.15) is 10.2 Å². The largest absolute Gasteiger partial charge is 0.353 e. The van der Waals surface area contributed by atoms with E-state index < -0.39 is 0 Å². The van der Waals surface area contributed by atoms with Crippen LogP contribution >= 0.6 is 15.9 Å². The number of rotatable bonds is 10. The summed E-state index contributed by atoms with van der Waals surface area (Å²) in [6.45, 7) is 11.3. The van der Waals surface area contributed by atoms with Gasteiger partial charge in [-0.25, -0.2) is 0 Å². The molecule has 2 unspecified atom stereocenters. The molecule has 36 heavy (non-hydrogen) atoms. The van der Waals surface area contributed by atoms with Gasteiger partial charge in [-0.3, -0.25) is 9.36 Å². The van der Waals surface area contributed by atoms with Crippen LogP contribution in [0.4, 0.5) is 0 Å². The molecule has 0 spiro atoms. The highest BCUT2D eigenvalue weighted by atomic mass is 79.9. The van der Waals surface area contributed by atoms with Gasteiger partial charge >= 0.3 is 0 Å². The average Bonchev–Trinajstić information content (AvgIpc) is 3.28. The van der Waals surface area contributed by atoms with Gasteiger partial charge in [0.2, 0.25) is 0 Å². The monoisotopic (exact) mass is 551 g/mol. The van der Waals surface area contributed by atoms with Gasteiger partial charge in [0.25, 0.3) is 5.56 Å². The molecular weight excluding hydrogens is 514 g/mol. The highest BCUT2D eigenvalue weighted by molar-refractivity contribution is 9.10. The van der Waals surface area contributed by atoms with Gasteiger partial charge < -0.3 is 10.3 Å². The molecule has 2 atom stereocenters. The van der Waals surface area contributed by atoms with Crippen LogP contribution in [0.25, 0.3) is 16.6 Å². The molecule has 1 fully saturated rings. The third-order valence-electron chi connectivity index (χ3n) is 7.36. The molecular formula is C29H38BrN5O. The highest BCUT2D eigenvalue weighted by Gasteiger charge is 2.34. The second kappa shape index (κ2) is 11.7. The molecule has 0 bridgehead atoms. The quantitative estimate of drug-likeness (QED) is 0.211. The molecule has 0 amide bonds. The zero-order valence-electron chi connectivity index (χ0n) is 22.0. The van der Waals surface area contributed by atoms with Crippen LogP contribution in [-0.4, -0.2) is 27.5 Å². The SMILES string of the molecule is C/C=N\N=C(/C(C)CC)C(c1cccc(-n2cc(Br)c3cc(CNC(C)C)[nH]c3c2=O)c1)C1CCC1. The number of aromatic nitrogens is 2. The predicted octanol–water partition coefficient (Wildman–Crippen LogP) is 6.96. The van der Waals surface area contributed by atoms with Gasteiger partial charge in [-0.05, 0) is 77.7 Å². The summed E-state index contributed by atoms with van der Waals surface area (Å²) < 4.78 is 2.64. The number of hydrogen-bond donors (Lipinski definition) is 2. The maximum atomic E-state index is 13.6. The van der Waals surface area contributed by atoms with Crippen molar-refractivity contribution in [3.8, 4) is 5.69 Å². The fraction of sp³-hybridized carbons (Fsp3) is 0.483. The lowest BCUT2D eigenvalue weighted by Gasteiger charge is -2.36. The third-order valence-corrected chi connectivity index (χ3v) is 7.99. The van der Waals surface area contributed by atoms with Crippen molar-refractivity contribution >= 4 is 38.8 Å². The van der Waals surface area contributed by atoms with Crippen LogP contribution in [0, 0.1) is 11.8 Å². The standard InChI is InChI=1S/C29H38BrN5O/c1-6-19(5)27(34-32-7-2)26(20-10-8-11-20)21-12-9-13-23(14-21)35-17-25(30)24-15-22(16-31-18(3)4)33-28(24)29(35)36/h7,9,12-15,17-20,26,31,33H,6,8,10-11,16H2,1-5H3/b32-7-,34-27+. The van der Waals surface area contributed by atoms with Crippen LogP contribution in [0.3, 0.4) is 0 Å². The first-order valence-electron chi connectivity index (χ1n) is 13.2. The Morgan fingerprint density at radius 2 is 2.06 bits per heavy atom. The van der Waals surface area contributed by atoms with E-state index in [2.05, 4.69) is 77.2 Å². The summed E-state index contributed by atoms with van der Waals surface area (Å²) in [4.78, 5) is 16.9. The van der Waals surface area contributed by atoms with E-state index in [1.54, 1.807) is 10.8 Å². The van der Waals surface area contributed by atoms with Gasteiger partial charge in [-0.1, -0.05) is 46.2 Å². The highest BCUT2D eigenvalue weighted by Crippen LogP contribution is 2.42. The Morgan fingerprint density at radius 1 is 1.28 bits per heavy atom. The summed E-state index contributed by atoms with van der Waals surface area (Å²) in [5, 5.41) is 13.3. The van der Waals surface area contributed by atoms with E-state index in [9.17, 15) is 4.79 Å². The van der Waals surface area contributed by atoms with Gasteiger partial charge in [0.05, 0.1) is 5.71 Å². The molecule has 2 heterocycles. The average molecular weight is 553 g/mol. The normalized spacial score (nSPS) is 16.7. The predicted molar refractivity (Wildman–Crippen MR) is 155 cm³/mol. The zero-order valence-corrected chi connectivity index (χ0v) is 23.6. The van der Waals surface area contributed by atoms with E-state index in [0.29, 0.717) is 29.9 Å². The molecule has 192 valence electrons. The van der Waals surface area contributed by atoms with E-state index in [1.807, 2.05) is 25.3 Å². The number of halogens is 1. The van der Waals surface area contributed by atoms with Gasteiger partial charge in [0, 0.05) is 52.2 Å². The lowest BCUT2D eigenvalue weighted by Crippen LogP contribution is -2.30. The Kier molecular flexibility index (Phi) is 8.62. The second-order valence-electron chi connectivity index (χ2n) is 10.2. The molecule has 4 rings (SSSR count). The molecule has 0 radical (unpaired) electrons. The minimum absolute atomic E-state index is 0.0484. The topological polar surface area (TPSA) is 74.5 Å². The summed E-state index contributed by atoms with van der Waals surface area (Å²) in [7, 11) is 0. The van der Waals surface area contributed by atoms with Crippen LogP contribution in [0.2, 0.25) is 0 Å². The van der Waals surface area contributed by atoms with Crippen molar-refractivity contribution in [2.45, 2.75) is 78.8 Å². The minimum Gasteiger partial charge on any atom is -0.353 e. The fourth-order valence-electron chi connectivity index (χ4n) is 4.96.